The van der Waals surface area contributed by atoms with Gasteiger partial charge in [0.05, 0.1) is 23.5 Å². The van der Waals surface area contributed by atoms with Gasteiger partial charge in [-0.25, -0.2) is 0 Å². The largest absolute Gasteiger partial charge is 0.312 e. The molecule has 1 rings (SSSR count). The van der Waals surface area contributed by atoms with Crippen molar-refractivity contribution in [3.8, 4) is 6.07 Å². The van der Waals surface area contributed by atoms with Gasteiger partial charge in [-0.05, 0) is 20.8 Å². The van der Waals surface area contributed by atoms with Crippen LogP contribution in [0.4, 0.5) is 5.69 Å². The van der Waals surface area contributed by atoms with Gasteiger partial charge in [-0.2, -0.15) is 10.4 Å². The van der Waals surface area contributed by atoms with Crippen molar-refractivity contribution in [2.45, 2.75) is 27.3 Å². The summed E-state index contributed by atoms with van der Waals surface area (Å²) in [6.07, 6.45) is 0. The smallest absolute Gasteiger partial charge is 0.261 e. The van der Waals surface area contributed by atoms with Crippen LogP contribution in [-0.4, -0.2) is 14.7 Å². The number of nitro groups is 1. The van der Waals surface area contributed by atoms with Gasteiger partial charge in [0.2, 0.25) is 0 Å². The molecule has 1 atom stereocenters. The number of rotatable bonds is 3. The average Bonchev–Trinajstić information content (AvgIpc) is 2.41. The Morgan fingerprint density at radius 2 is 2.27 bits per heavy atom. The van der Waals surface area contributed by atoms with Crippen LogP contribution in [0.1, 0.15) is 18.3 Å². The molecular weight excluding hydrogens is 196 g/mol. The highest BCUT2D eigenvalue weighted by Crippen LogP contribution is 2.22. The third-order valence-electron chi connectivity index (χ3n) is 2.19. The van der Waals surface area contributed by atoms with E-state index in [0.717, 1.165) is 0 Å². The van der Waals surface area contributed by atoms with E-state index in [2.05, 4.69) is 11.2 Å². The van der Waals surface area contributed by atoms with Crippen LogP contribution in [0.3, 0.4) is 0 Å². The lowest BCUT2D eigenvalue weighted by Gasteiger charge is -2.03. The van der Waals surface area contributed by atoms with Crippen LogP contribution in [0.2, 0.25) is 0 Å². The Balaban J connectivity index is 3.08. The summed E-state index contributed by atoms with van der Waals surface area (Å²) in [6.45, 7) is 5.38. The molecule has 1 aromatic heterocycles. The van der Waals surface area contributed by atoms with Crippen LogP contribution in [0.5, 0.6) is 0 Å². The maximum absolute atomic E-state index is 10.7. The van der Waals surface area contributed by atoms with Crippen molar-refractivity contribution in [1.82, 2.24) is 9.78 Å². The first-order valence-electron chi connectivity index (χ1n) is 4.55. The van der Waals surface area contributed by atoms with E-state index in [0.29, 0.717) is 17.9 Å². The molecule has 0 unspecified atom stereocenters. The van der Waals surface area contributed by atoms with Crippen LogP contribution in [0.25, 0.3) is 0 Å². The molecule has 0 aromatic carbocycles. The van der Waals surface area contributed by atoms with Gasteiger partial charge in [0.25, 0.3) is 0 Å². The molecule has 0 saturated heterocycles. The van der Waals surface area contributed by atoms with E-state index in [4.69, 9.17) is 5.26 Å². The molecule has 0 aliphatic carbocycles. The first-order valence-corrected chi connectivity index (χ1v) is 4.55. The molecule has 0 spiro atoms. The van der Waals surface area contributed by atoms with Crippen molar-refractivity contribution in [2.75, 3.05) is 0 Å². The molecule has 0 bridgehead atoms. The highest BCUT2D eigenvalue weighted by atomic mass is 16.6. The Bertz CT molecular complexity index is 430. The Morgan fingerprint density at radius 3 is 2.67 bits per heavy atom. The zero-order chi connectivity index (χ0) is 11.6. The number of aromatic nitrogens is 2. The standard InChI is InChI=1S/C9H12N4O2/c1-6(4-10)5-12-8(3)9(13(14)15)7(2)11-12/h6H,5H2,1-3H3/t6-/m1/s1. The van der Waals surface area contributed by atoms with E-state index >= 15 is 0 Å². The van der Waals surface area contributed by atoms with Gasteiger partial charge < -0.3 is 0 Å². The van der Waals surface area contributed by atoms with Crippen molar-refractivity contribution in [3.63, 3.8) is 0 Å². The Labute approximate surface area is 87.3 Å². The van der Waals surface area contributed by atoms with Gasteiger partial charge in [0.15, 0.2) is 0 Å². The molecule has 0 N–H and O–H groups in total. The van der Waals surface area contributed by atoms with Crippen LogP contribution in [0.15, 0.2) is 0 Å². The van der Waals surface area contributed by atoms with Crippen LogP contribution >= 0.6 is 0 Å². The van der Waals surface area contributed by atoms with Gasteiger partial charge in [-0.1, -0.05) is 0 Å². The molecule has 1 aromatic rings. The second-order valence-corrected chi connectivity index (χ2v) is 3.49. The molecule has 15 heavy (non-hydrogen) atoms. The molecule has 0 aliphatic rings. The van der Waals surface area contributed by atoms with Crippen LogP contribution < -0.4 is 0 Å². The molecular formula is C9H12N4O2. The predicted molar refractivity (Wildman–Crippen MR) is 53.1 cm³/mol. The monoisotopic (exact) mass is 208 g/mol. The van der Waals surface area contributed by atoms with Gasteiger partial charge in [-0.3, -0.25) is 14.8 Å². The summed E-state index contributed by atoms with van der Waals surface area (Å²) in [5.41, 5.74) is 0.933. The topological polar surface area (TPSA) is 84.8 Å². The second kappa shape index (κ2) is 4.09. The van der Waals surface area contributed by atoms with Crippen molar-refractivity contribution >= 4 is 5.69 Å². The van der Waals surface area contributed by atoms with Crippen molar-refractivity contribution in [1.29, 1.82) is 5.26 Å². The third-order valence-corrected chi connectivity index (χ3v) is 2.19. The molecule has 0 saturated carbocycles. The lowest BCUT2D eigenvalue weighted by atomic mass is 10.2. The summed E-state index contributed by atoms with van der Waals surface area (Å²) in [7, 11) is 0. The van der Waals surface area contributed by atoms with E-state index in [9.17, 15) is 10.1 Å². The van der Waals surface area contributed by atoms with Crippen LogP contribution in [-0.2, 0) is 6.54 Å². The van der Waals surface area contributed by atoms with E-state index in [1.165, 1.54) is 4.68 Å². The van der Waals surface area contributed by atoms with E-state index in [1.807, 2.05) is 0 Å². The Hall–Kier alpha value is -1.90. The molecule has 0 radical (unpaired) electrons. The molecule has 0 fully saturated rings. The summed E-state index contributed by atoms with van der Waals surface area (Å²) in [5.74, 6) is -0.206. The SMILES string of the molecule is Cc1nn(C[C@H](C)C#N)c(C)c1[N+](=O)[O-]. The van der Waals surface area contributed by atoms with Crippen molar-refractivity contribution in [2.24, 2.45) is 5.92 Å². The average molecular weight is 208 g/mol. The fraction of sp³-hybridized carbons (Fsp3) is 0.556. The molecule has 6 heteroatoms. The summed E-state index contributed by atoms with van der Waals surface area (Å²) in [6, 6.07) is 2.07. The first kappa shape index (κ1) is 11.2. The zero-order valence-electron chi connectivity index (χ0n) is 8.89. The number of hydrogen-bond acceptors (Lipinski definition) is 4. The number of hydrogen-bond donors (Lipinski definition) is 0. The predicted octanol–water partition coefficient (Wildman–Crippen LogP) is 1.57. The summed E-state index contributed by atoms with van der Waals surface area (Å²) in [5, 5.41) is 23.4. The first-order chi connectivity index (χ1) is 6.97. The number of nitrogens with zero attached hydrogens (tertiary/aromatic N) is 4. The van der Waals surface area contributed by atoms with E-state index in [1.54, 1.807) is 20.8 Å². The maximum atomic E-state index is 10.7. The van der Waals surface area contributed by atoms with Crippen molar-refractivity contribution in [3.05, 3.63) is 21.5 Å². The lowest BCUT2D eigenvalue weighted by Crippen LogP contribution is -2.09. The minimum atomic E-state index is -0.439. The molecule has 6 nitrogen and oxygen atoms in total. The summed E-state index contributed by atoms with van der Waals surface area (Å²) < 4.78 is 1.52. The van der Waals surface area contributed by atoms with Gasteiger partial charge in [-0.15, -0.1) is 0 Å². The quantitative estimate of drug-likeness (QED) is 0.557. The van der Waals surface area contributed by atoms with Gasteiger partial charge in [0, 0.05) is 0 Å². The maximum Gasteiger partial charge on any atom is 0.312 e. The highest BCUT2D eigenvalue weighted by Gasteiger charge is 2.22. The Kier molecular flexibility index (Phi) is 3.04. The lowest BCUT2D eigenvalue weighted by molar-refractivity contribution is -0.386. The molecule has 0 amide bonds. The zero-order valence-corrected chi connectivity index (χ0v) is 8.89. The molecule has 80 valence electrons. The van der Waals surface area contributed by atoms with Gasteiger partial charge >= 0.3 is 5.69 Å². The fourth-order valence-corrected chi connectivity index (χ4v) is 1.43. The van der Waals surface area contributed by atoms with Gasteiger partial charge in [0.1, 0.15) is 11.4 Å². The Morgan fingerprint density at radius 1 is 1.67 bits per heavy atom. The van der Waals surface area contributed by atoms with E-state index in [-0.39, 0.29) is 11.6 Å². The number of aryl methyl sites for hydroxylation is 1. The normalized spacial score (nSPS) is 12.1. The molecule has 1 heterocycles. The van der Waals surface area contributed by atoms with Crippen LogP contribution in [0, 0.1) is 41.2 Å². The highest BCUT2D eigenvalue weighted by molar-refractivity contribution is 5.39. The fourth-order valence-electron chi connectivity index (χ4n) is 1.43. The number of nitriles is 1. The van der Waals surface area contributed by atoms with E-state index < -0.39 is 4.92 Å². The third kappa shape index (κ3) is 2.13. The van der Waals surface area contributed by atoms with Crippen molar-refractivity contribution < 1.29 is 4.92 Å². The molecule has 0 aliphatic heterocycles. The minimum Gasteiger partial charge on any atom is -0.261 e. The second-order valence-electron chi connectivity index (χ2n) is 3.49. The summed E-state index contributed by atoms with van der Waals surface area (Å²) >= 11 is 0. The summed E-state index contributed by atoms with van der Waals surface area (Å²) in [4.78, 5) is 10.3. The minimum absolute atomic E-state index is 0.0418.